The lowest BCUT2D eigenvalue weighted by Gasteiger charge is -2.32. The number of carbonyl (C=O) groups excluding carboxylic acids is 2. The Balaban J connectivity index is 1.61. The molecule has 0 bridgehead atoms. The first-order chi connectivity index (χ1) is 17.5. The number of hydrogen-bond donors (Lipinski definition) is 1. The maximum atomic E-state index is 13.6. The molecule has 1 saturated heterocycles. The largest absolute Gasteiger partial charge is 0.482 e. The van der Waals surface area contributed by atoms with Gasteiger partial charge in [0.05, 0.1) is 11.1 Å². The minimum Gasteiger partial charge on any atom is -0.482 e. The van der Waals surface area contributed by atoms with E-state index in [0.29, 0.717) is 35.1 Å². The lowest BCUT2D eigenvalue weighted by molar-refractivity contribution is -0.143. The van der Waals surface area contributed by atoms with Crippen molar-refractivity contribution in [1.82, 2.24) is 10.2 Å². The van der Waals surface area contributed by atoms with Gasteiger partial charge in [-0.3, -0.25) is 9.59 Å². The summed E-state index contributed by atoms with van der Waals surface area (Å²) in [6.07, 6.45) is 1.78. The SMILES string of the molecule is O=C(NC[C@@H]1CCCO1)[C@H](c1ccccc1)N(Cc1ccc(F)cc1)C(=O)COc1ccccc1Cl. The third kappa shape index (κ3) is 6.83. The predicted octanol–water partition coefficient (Wildman–Crippen LogP) is 4.92. The first-order valence-electron chi connectivity index (χ1n) is 11.9. The molecule has 0 unspecified atom stereocenters. The van der Waals surface area contributed by atoms with Crippen LogP contribution in [0.25, 0.3) is 0 Å². The quantitative estimate of drug-likeness (QED) is 0.420. The van der Waals surface area contributed by atoms with Gasteiger partial charge in [-0.05, 0) is 48.2 Å². The van der Waals surface area contributed by atoms with Crippen LogP contribution in [0.4, 0.5) is 4.39 Å². The van der Waals surface area contributed by atoms with Crippen molar-refractivity contribution in [3.8, 4) is 5.75 Å². The normalized spacial score (nSPS) is 15.8. The number of rotatable bonds is 10. The molecule has 6 nitrogen and oxygen atoms in total. The minimum atomic E-state index is -0.931. The Hall–Kier alpha value is -3.42. The van der Waals surface area contributed by atoms with Crippen molar-refractivity contribution in [3.05, 3.63) is 101 Å². The van der Waals surface area contributed by atoms with Crippen LogP contribution in [0.1, 0.15) is 30.0 Å². The molecule has 188 valence electrons. The first-order valence-corrected chi connectivity index (χ1v) is 12.2. The van der Waals surface area contributed by atoms with Crippen LogP contribution in [0.15, 0.2) is 78.9 Å². The zero-order valence-corrected chi connectivity index (χ0v) is 20.5. The van der Waals surface area contributed by atoms with Gasteiger partial charge in [-0.2, -0.15) is 0 Å². The zero-order chi connectivity index (χ0) is 25.3. The molecule has 1 aliphatic rings. The second-order valence-electron chi connectivity index (χ2n) is 8.56. The van der Waals surface area contributed by atoms with Gasteiger partial charge >= 0.3 is 0 Å². The second-order valence-corrected chi connectivity index (χ2v) is 8.97. The average molecular weight is 511 g/mol. The van der Waals surface area contributed by atoms with E-state index in [-0.39, 0.29) is 31.0 Å². The van der Waals surface area contributed by atoms with Crippen molar-refractivity contribution < 1.29 is 23.5 Å². The lowest BCUT2D eigenvalue weighted by Crippen LogP contribution is -2.46. The molecule has 3 aromatic carbocycles. The van der Waals surface area contributed by atoms with Crippen molar-refractivity contribution >= 4 is 23.4 Å². The number of halogens is 2. The molecule has 0 aliphatic carbocycles. The highest BCUT2D eigenvalue weighted by atomic mass is 35.5. The summed E-state index contributed by atoms with van der Waals surface area (Å²) in [6, 6.07) is 20.9. The lowest BCUT2D eigenvalue weighted by atomic mass is 10.0. The van der Waals surface area contributed by atoms with Crippen molar-refractivity contribution in [2.75, 3.05) is 19.8 Å². The van der Waals surface area contributed by atoms with E-state index in [1.807, 2.05) is 18.2 Å². The molecule has 36 heavy (non-hydrogen) atoms. The van der Waals surface area contributed by atoms with Crippen LogP contribution in [0.5, 0.6) is 5.75 Å². The average Bonchev–Trinajstić information content (AvgIpc) is 3.42. The molecular weight excluding hydrogens is 483 g/mol. The van der Waals surface area contributed by atoms with Crippen LogP contribution in [0, 0.1) is 5.82 Å². The topological polar surface area (TPSA) is 67.9 Å². The fraction of sp³-hybridized carbons (Fsp3) is 0.286. The fourth-order valence-electron chi connectivity index (χ4n) is 4.12. The van der Waals surface area contributed by atoms with Crippen LogP contribution in [0.2, 0.25) is 5.02 Å². The van der Waals surface area contributed by atoms with Crippen LogP contribution in [0.3, 0.4) is 0 Å². The second kappa shape index (κ2) is 12.5. The molecule has 2 atom stereocenters. The molecule has 1 N–H and O–H groups in total. The minimum absolute atomic E-state index is 0.0461. The molecule has 8 heteroatoms. The number of nitrogens with zero attached hydrogens (tertiary/aromatic N) is 1. The van der Waals surface area contributed by atoms with Gasteiger partial charge < -0.3 is 19.7 Å². The maximum absolute atomic E-state index is 13.6. The predicted molar refractivity (Wildman–Crippen MR) is 135 cm³/mol. The number of amides is 2. The molecule has 3 aromatic rings. The fourth-order valence-corrected chi connectivity index (χ4v) is 4.31. The molecular formula is C28H28ClFN2O4. The smallest absolute Gasteiger partial charge is 0.261 e. The van der Waals surface area contributed by atoms with E-state index in [1.165, 1.54) is 17.0 Å². The van der Waals surface area contributed by atoms with E-state index in [1.54, 1.807) is 48.5 Å². The van der Waals surface area contributed by atoms with E-state index in [0.717, 1.165) is 12.8 Å². The number of carbonyl (C=O) groups is 2. The summed E-state index contributed by atoms with van der Waals surface area (Å²) in [6.45, 7) is 0.791. The van der Waals surface area contributed by atoms with Crippen molar-refractivity contribution in [2.24, 2.45) is 0 Å². The third-order valence-corrected chi connectivity index (χ3v) is 6.29. The summed E-state index contributed by atoms with van der Waals surface area (Å²) in [5.41, 5.74) is 1.32. The maximum Gasteiger partial charge on any atom is 0.261 e. The highest BCUT2D eigenvalue weighted by molar-refractivity contribution is 6.32. The van der Waals surface area contributed by atoms with Gasteiger partial charge in [0.25, 0.3) is 5.91 Å². The van der Waals surface area contributed by atoms with E-state index >= 15 is 0 Å². The Morgan fingerprint density at radius 1 is 1.06 bits per heavy atom. The van der Waals surface area contributed by atoms with Crippen LogP contribution < -0.4 is 10.1 Å². The highest BCUT2D eigenvalue weighted by Crippen LogP contribution is 2.26. The summed E-state index contributed by atoms with van der Waals surface area (Å²) in [4.78, 5) is 28.5. The summed E-state index contributed by atoms with van der Waals surface area (Å²) in [7, 11) is 0. The molecule has 1 aliphatic heterocycles. The molecule has 0 spiro atoms. The molecule has 0 aromatic heterocycles. The van der Waals surface area contributed by atoms with Gasteiger partial charge in [-0.1, -0.05) is 66.2 Å². The van der Waals surface area contributed by atoms with Gasteiger partial charge in [0.1, 0.15) is 17.6 Å². The van der Waals surface area contributed by atoms with E-state index in [9.17, 15) is 14.0 Å². The van der Waals surface area contributed by atoms with Crippen molar-refractivity contribution in [1.29, 1.82) is 0 Å². The number of hydrogen-bond acceptors (Lipinski definition) is 4. The number of para-hydroxylation sites is 1. The zero-order valence-electron chi connectivity index (χ0n) is 19.7. The van der Waals surface area contributed by atoms with Gasteiger partial charge in [0.2, 0.25) is 5.91 Å². The van der Waals surface area contributed by atoms with E-state index < -0.39 is 11.9 Å². The first kappa shape index (κ1) is 25.7. The molecule has 1 heterocycles. The molecule has 0 saturated carbocycles. The van der Waals surface area contributed by atoms with Crippen molar-refractivity contribution in [3.63, 3.8) is 0 Å². The summed E-state index contributed by atoms with van der Waals surface area (Å²) in [5, 5.41) is 3.34. The summed E-state index contributed by atoms with van der Waals surface area (Å²) < 4.78 is 24.9. The molecule has 1 fully saturated rings. The molecule has 4 rings (SSSR count). The van der Waals surface area contributed by atoms with E-state index in [4.69, 9.17) is 21.1 Å². The van der Waals surface area contributed by atoms with E-state index in [2.05, 4.69) is 5.32 Å². The van der Waals surface area contributed by atoms with Gasteiger partial charge in [-0.15, -0.1) is 0 Å². The third-order valence-electron chi connectivity index (χ3n) is 5.98. The highest BCUT2D eigenvalue weighted by Gasteiger charge is 2.32. The Labute approximate surface area is 215 Å². The number of benzene rings is 3. The van der Waals surface area contributed by atoms with Crippen LogP contribution in [-0.2, 0) is 20.9 Å². The van der Waals surface area contributed by atoms with Crippen molar-refractivity contribution in [2.45, 2.75) is 31.5 Å². The molecule has 0 radical (unpaired) electrons. The Morgan fingerprint density at radius 2 is 1.78 bits per heavy atom. The number of ether oxygens (including phenoxy) is 2. The summed E-state index contributed by atoms with van der Waals surface area (Å²) >= 11 is 6.18. The Morgan fingerprint density at radius 3 is 2.47 bits per heavy atom. The molecule has 2 amide bonds. The Bertz CT molecular complexity index is 1150. The van der Waals surface area contributed by atoms with Crippen LogP contribution in [-0.4, -0.2) is 42.6 Å². The summed E-state index contributed by atoms with van der Waals surface area (Å²) in [5.74, 6) is -0.758. The van der Waals surface area contributed by atoms with Crippen LogP contribution >= 0.6 is 11.6 Å². The number of nitrogens with one attached hydrogen (secondary N) is 1. The van der Waals surface area contributed by atoms with Gasteiger partial charge in [0, 0.05) is 19.7 Å². The van der Waals surface area contributed by atoms with Gasteiger partial charge in [0.15, 0.2) is 6.61 Å². The van der Waals surface area contributed by atoms with Gasteiger partial charge in [-0.25, -0.2) is 4.39 Å². The Kier molecular flexibility index (Phi) is 8.92. The monoisotopic (exact) mass is 510 g/mol. The standard InChI is InChI=1S/C28H28ClFN2O4/c29-24-10-4-5-11-25(24)36-19-26(33)32(18-20-12-14-22(30)15-13-20)27(21-7-2-1-3-8-21)28(34)31-17-23-9-6-16-35-23/h1-5,7-8,10-15,23,27H,6,9,16-19H2,(H,31,34)/t23-,27-/m0/s1.